The Kier molecular flexibility index (Phi) is 5.73. The van der Waals surface area contributed by atoms with Crippen LogP contribution in [-0.4, -0.2) is 22.2 Å². The maximum absolute atomic E-state index is 12.1. The molecule has 0 radical (unpaired) electrons. The number of aliphatic carboxylic acids is 1. The number of para-hydroxylation sites is 1. The van der Waals surface area contributed by atoms with Crippen LogP contribution in [0, 0.1) is 0 Å². The van der Waals surface area contributed by atoms with Crippen molar-refractivity contribution in [3.05, 3.63) is 108 Å². The molecule has 0 saturated heterocycles. The number of aromatic nitrogens is 1. The van der Waals surface area contributed by atoms with Gasteiger partial charge in [0, 0.05) is 35.8 Å². The Labute approximate surface area is 170 Å². The fraction of sp³-hybridized carbons (Fsp3) is 0.160. The van der Waals surface area contributed by atoms with Crippen LogP contribution in [0.3, 0.4) is 0 Å². The van der Waals surface area contributed by atoms with Crippen LogP contribution in [0.1, 0.15) is 22.7 Å². The summed E-state index contributed by atoms with van der Waals surface area (Å²) in [5.41, 5.74) is 4.22. The van der Waals surface area contributed by atoms with Gasteiger partial charge in [0.15, 0.2) is 0 Å². The summed E-state index contributed by atoms with van der Waals surface area (Å²) in [6.07, 6.45) is 2.76. The van der Waals surface area contributed by atoms with E-state index >= 15 is 0 Å². The van der Waals surface area contributed by atoms with Crippen LogP contribution in [0.2, 0.25) is 0 Å². The highest BCUT2D eigenvalue weighted by Crippen LogP contribution is 2.27. The van der Waals surface area contributed by atoms with Gasteiger partial charge in [-0.15, -0.1) is 0 Å². The molecule has 0 spiro atoms. The van der Waals surface area contributed by atoms with Crippen LogP contribution < -0.4 is 5.32 Å². The summed E-state index contributed by atoms with van der Waals surface area (Å²) < 4.78 is 2.13. The van der Waals surface area contributed by atoms with Gasteiger partial charge in [-0.25, -0.2) is 0 Å². The zero-order valence-corrected chi connectivity index (χ0v) is 16.2. The molecular formula is C25H24N2O2. The lowest BCUT2D eigenvalue weighted by Crippen LogP contribution is -2.30. The van der Waals surface area contributed by atoms with E-state index in [1.165, 1.54) is 11.1 Å². The highest BCUT2D eigenvalue weighted by Gasteiger charge is 2.23. The monoisotopic (exact) mass is 384 g/mol. The molecule has 0 aliphatic carbocycles. The number of hydrogen-bond acceptors (Lipinski definition) is 2. The lowest BCUT2D eigenvalue weighted by Gasteiger charge is -2.14. The van der Waals surface area contributed by atoms with Crippen LogP contribution in [0.5, 0.6) is 0 Å². The Morgan fingerprint density at radius 2 is 1.48 bits per heavy atom. The zero-order chi connectivity index (χ0) is 20.1. The van der Waals surface area contributed by atoms with E-state index in [0.29, 0.717) is 13.1 Å². The van der Waals surface area contributed by atoms with Crippen molar-refractivity contribution in [1.29, 1.82) is 0 Å². The summed E-state index contributed by atoms with van der Waals surface area (Å²) in [5, 5.41) is 14.1. The lowest BCUT2D eigenvalue weighted by atomic mass is 10.1. The van der Waals surface area contributed by atoms with Crippen LogP contribution >= 0.6 is 0 Å². The van der Waals surface area contributed by atoms with Gasteiger partial charge in [-0.1, -0.05) is 78.9 Å². The molecule has 2 N–H and O–H groups in total. The Morgan fingerprint density at radius 1 is 0.862 bits per heavy atom. The van der Waals surface area contributed by atoms with Gasteiger partial charge < -0.3 is 15.0 Å². The van der Waals surface area contributed by atoms with E-state index < -0.39 is 12.0 Å². The fourth-order valence-corrected chi connectivity index (χ4v) is 3.75. The average Bonchev–Trinajstić information content (AvgIpc) is 3.11. The van der Waals surface area contributed by atoms with Crippen molar-refractivity contribution in [2.45, 2.75) is 19.0 Å². The zero-order valence-electron chi connectivity index (χ0n) is 16.2. The molecule has 29 heavy (non-hydrogen) atoms. The lowest BCUT2D eigenvalue weighted by molar-refractivity contribution is -0.139. The van der Waals surface area contributed by atoms with Crippen LogP contribution in [0.15, 0.2) is 91.1 Å². The maximum atomic E-state index is 12.1. The minimum Gasteiger partial charge on any atom is -0.480 e. The van der Waals surface area contributed by atoms with Gasteiger partial charge in [-0.3, -0.25) is 4.79 Å². The van der Waals surface area contributed by atoms with Gasteiger partial charge in [-0.2, -0.15) is 0 Å². The van der Waals surface area contributed by atoms with Gasteiger partial charge in [0.25, 0.3) is 0 Å². The van der Waals surface area contributed by atoms with Gasteiger partial charge >= 0.3 is 5.97 Å². The molecular weight excluding hydrogens is 360 g/mol. The molecule has 0 saturated carbocycles. The number of nitrogens with zero attached hydrogens (tertiary/aromatic N) is 1. The quantitative estimate of drug-likeness (QED) is 0.465. The summed E-state index contributed by atoms with van der Waals surface area (Å²) in [6, 6.07) is 27.6. The van der Waals surface area contributed by atoms with Gasteiger partial charge in [-0.05, 0) is 23.6 Å². The Morgan fingerprint density at radius 3 is 2.17 bits per heavy atom. The van der Waals surface area contributed by atoms with Gasteiger partial charge in [0.05, 0.1) is 0 Å². The first-order valence-electron chi connectivity index (χ1n) is 9.84. The average molecular weight is 384 g/mol. The SMILES string of the molecule is O=C(O)C(NCCc1ccccc1)c1cn(Cc2ccccc2)c2ccccc12. The van der Waals surface area contributed by atoms with Crippen LogP contribution in [0.4, 0.5) is 0 Å². The molecule has 1 heterocycles. The van der Waals surface area contributed by atoms with E-state index in [9.17, 15) is 9.90 Å². The Balaban J connectivity index is 1.60. The third-order valence-electron chi connectivity index (χ3n) is 5.18. The first-order valence-corrected chi connectivity index (χ1v) is 9.84. The highest BCUT2D eigenvalue weighted by atomic mass is 16.4. The Bertz CT molecular complexity index is 1090. The number of carbonyl (C=O) groups is 1. The summed E-state index contributed by atoms with van der Waals surface area (Å²) in [5.74, 6) is -0.860. The molecule has 4 heteroatoms. The molecule has 146 valence electrons. The fourth-order valence-electron chi connectivity index (χ4n) is 3.75. The molecule has 1 atom stereocenters. The molecule has 0 fully saturated rings. The Hall–Kier alpha value is -3.37. The molecule has 0 aliphatic heterocycles. The van der Waals surface area contributed by atoms with Crippen molar-refractivity contribution in [2.24, 2.45) is 0 Å². The summed E-state index contributed by atoms with van der Waals surface area (Å²) in [4.78, 5) is 12.1. The number of carboxylic acid groups (broad SMARTS) is 1. The largest absolute Gasteiger partial charge is 0.480 e. The van der Waals surface area contributed by atoms with Crippen molar-refractivity contribution in [3.8, 4) is 0 Å². The molecule has 1 aromatic heterocycles. The number of carboxylic acids is 1. The van der Waals surface area contributed by atoms with Crippen molar-refractivity contribution in [3.63, 3.8) is 0 Å². The molecule has 0 aliphatic rings. The first-order chi connectivity index (χ1) is 14.2. The third kappa shape index (κ3) is 4.39. The summed E-state index contributed by atoms with van der Waals surface area (Å²) in [6.45, 7) is 1.30. The van der Waals surface area contributed by atoms with Crippen LogP contribution in [0.25, 0.3) is 10.9 Å². The molecule has 4 nitrogen and oxygen atoms in total. The molecule has 4 aromatic rings. The second kappa shape index (κ2) is 8.76. The number of nitrogens with one attached hydrogen (secondary N) is 1. The van der Waals surface area contributed by atoms with Crippen molar-refractivity contribution >= 4 is 16.9 Å². The van der Waals surface area contributed by atoms with E-state index in [2.05, 4.69) is 34.1 Å². The van der Waals surface area contributed by atoms with E-state index in [1.807, 2.05) is 66.9 Å². The third-order valence-corrected chi connectivity index (χ3v) is 5.18. The number of hydrogen-bond donors (Lipinski definition) is 2. The first kappa shape index (κ1) is 19.0. The molecule has 1 unspecified atom stereocenters. The van der Waals surface area contributed by atoms with Crippen molar-refractivity contribution < 1.29 is 9.90 Å². The number of fused-ring (bicyclic) bond motifs is 1. The second-order valence-corrected chi connectivity index (χ2v) is 7.18. The minimum atomic E-state index is -0.860. The topological polar surface area (TPSA) is 54.3 Å². The maximum Gasteiger partial charge on any atom is 0.325 e. The molecule has 0 bridgehead atoms. The highest BCUT2D eigenvalue weighted by molar-refractivity contribution is 5.89. The van der Waals surface area contributed by atoms with Crippen molar-refractivity contribution in [1.82, 2.24) is 9.88 Å². The van der Waals surface area contributed by atoms with Gasteiger partial charge in [0.2, 0.25) is 0 Å². The summed E-state index contributed by atoms with van der Waals surface area (Å²) >= 11 is 0. The molecule has 0 amide bonds. The van der Waals surface area contributed by atoms with E-state index in [0.717, 1.165) is 22.9 Å². The molecule has 3 aromatic carbocycles. The molecule has 4 rings (SSSR count). The smallest absolute Gasteiger partial charge is 0.325 e. The van der Waals surface area contributed by atoms with Crippen LogP contribution in [-0.2, 0) is 17.8 Å². The van der Waals surface area contributed by atoms with E-state index in [4.69, 9.17) is 0 Å². The predicted octanol–water partition coefficient (Wildman–Crippen LogP) is 4.65. The normalized spacial score (nSPS) is 12.1. The minimum absolute atomic E-state index is 0.596. The second-order valence-electron chi connectivity index (χ2n) is 7.18. The van der Waals surface area contributed by atoms with E-state index in [1.54, 1.807) is 0 Å². The number of rotatable bonds is 8. The number of benzene rings is 3. The summed E-state index contributed by atoms with van der Waals surface area (Å²) in [7, 11) is 0. The standard InChI is InChI=1S/C25H24N2O2/c28-25(29)24(26-16-15-19-9-3-1-4-10-19)22-18-27(17-20-11-5-2-6-12-20)23-14-8-7-13-21(22)23/h1-14,18,24,26H,15-17H2,(H,28,29). The van der Waals surface area contributed by atoms with Gasteiger partial charge in [0.1, 0.15) is 6.04 Å². The van der Waals surface area contributed by atoms with E-state index in [-0.39, 0.29) is 0 Å². The van der Waals surface area contributed by atoms with Crippen molar-refractivity contribution in [2.75, 3.05) is 6.54 Å². The predicted molar refractivity (Wildman–Crippen MR) is 116 cm³/mol.